The highest BCUT2D eigenvalue weighted by Gasteiger charge is 2.39. The summed E-state index contributed by atoms with van der Waals surface area (Å²) in [4.78, 5) is 17.0. The number of nitrogens with zero attached hydrogens (tertiary/aromatic N) is 1. The van der Waals surface area contributed by atoms with Gasteiger partial charge >= 0.3 is 0 Å². The molecule has 3 N–H and O–H groups in total. The van der Waals surface area contributed by atoms with Crippen LogP contribution in [0.15, 0.2) is 40.5 Å². The molecule has 23 heavy (non-hydrogen) atoms. The molecule has 1 amide bonds. The quantitative estimate of drug-likeness (QED) is 0.640. The van der Waals surface area contributed by atoms with Crippen LogP contribution in [0.2, 0.25) is 5.02 Å². The molecule has 0 radical (unpaired) electrons. The largest absolute Gasteiger partial charge is 0.401 e. The average molecular weight is 334 g/mol. The third-order valence-electron chi connectivity index (χ3n) is 4.12. The standard InChI is InChI=1S/C17H20ClN3O2/c1-23-9-8-20-16-13(14(19)10-2-3-10)17(22)21-15(16)11-4-6-12(18)7-5-11/h4-7,10,15H,2-3,8-9,19H2,1H3,(H,21,22). The van der Waals surface area contributed by atoms with E-state index in [1.165, 1.54) is 0 Å². The summed E-state index contributed by atoms with van der Waals surface area (Å²) < 4.78 is 5.06. The van der Waals surface area contributed by atoms with E-state index < -0.39 is 0 Å². The van der Waals surface area contributed by atoms with Crippen molar-refractivity contribution in [2.75, 3.05) is 20.3 Å². The molecule has 2 fully saturated rings. The summed E-state index contributed by atoms with van der Waals surface area (Å²) in [5, 5.41) is 3.65. The van der Waals surface area contributed by atoms with Crippen LogP contribution in [0.3, 0.4) is 0 Å². The van der Waals surface area contributed by atoms with Crippen LogP contribution in [0.5, 0.6) is 0 Å². The van der Waals surface area contributed by atoms with Crippen molar-refractivity contribution in [1.82, 2.24) is 5.32 Å². The molecule has 6 heteroatoms. The summed E-state index contributed by atoms with van der Waals surface area (Å²) in [5.41, 5.74) is 9.08. The van der Waals surface area contributed by atoms with Gasteiger partial charge in [0.05, 0.1) is 30.5 Å². The fourth-order valence-corrected chi connectivity index (χ4v) is 2.86. The van der Waals surface area contributed by atoms with E-state index >= 15 is 0 Å². The first kappa shape index (κ1) is 16.0. The van der Waals surface area contributed by atoms with Gasteiger partial charge in [-0.2, -0.15) is 0 Å². The number of rotatable bonds is 5. The van der Waals surface area contributed by atoms with Crippen molar-refractivity contribution < 1.29 is 9.53 Å². The molecule has 1 aliphatic heterocycles. The number of ether oxygens (including phenoxy) is 1. The molecule has 0 bridgehead atoms. The molecule has 122 valence electrons. The highest BCUT2D eigenvalue weighted by Crippen LogP contribution is 2.38. The molecule has 1 unspecified atom stereocenters. The zero-order valence-corrected chi connectivity index (χ0v) is 13.8. The first-order valence-electron chi connectivity index (χ1n) is 7.71. The van der Waals surface area contributed by atoms with E-state index in [0.717, 1.165) is 18.4 Å². The van der Waals surface area contributed by atoms with Crippen molar-refractivity contribution in [3.63, 3.8) is 0 Å². The third kappa shape index (κ3) is 3.41. The number of nitrogens with two attached hydrogens (primary N) is 1. The number of benzene rings is 1. The fraction of sp³-hybridized carbons (Fsp3) is 0.412. The van der Waals surface area contributed by atoms with Gasteiger partial charge in [0.25, 0.3) is 5.91 Å². The van der Waals surface area contributed by atoms with Crippen molar-refractivity contribution in [2.24, 2.45) is 16.6 Å². The molecule has 1 saturated carbocycles. The van der Waals surface area contributed by atoms with Crippen molar-refractivity contribution in [3.8, 4) is 0 Å². The van der Waals surface area contributed by atoms with Crippen LogP contribution >= 0.6 is 11.6 Å². The second kappa shape index (κ2) is 6.72. The Morgan fingerprint density at radius 3 is 2.70 bits per heavy atom. The number of allylic oxidation sites excluding steroid dienone is 1. The molecule has 1 saturated heterocycles. The molecule has 1 aliphatic carbocycles. The second-order valence-electron chi connectivity index (χ2n) is 5.82. The molecule has 0 aromatic heterocycles. The second-order valence-corrected chi connectivity index (χ2v) is 6.26. The van der Waals surface area contributed by atoms with Gasteiger partial charge in [-0.15, -0.1) is 0 Å². The van der Waals surface area contributed by atoms with Crippen LogP contribution in [-0.2, 0) is 9.53 Å². The number of carbonyl (C=O) groups is 1. The molecule has 1 aromatic carbocycles. The number of halogens is 1. The van der Waals surface area contributed by atoms with Crippen molar-refractivity contribution >= 4 is 23.2 Å². The Morgan fingerprint density at radius 2 is 2.09 bits per heavy atom. The van der Waals surface area contributed by atoms with E-state index in [0.29, 0.717) is 41.1 Å². The lowest BCUT2D eigenvalue weighted by Crippen LogP contribution is -2.21. The smallest absolute Gasteiger partial charge is 0.255 e. The minimum atomic E-state index is -0.288. The van der Waals surface area contributed by atoms with Crippen LogP contribution in [0, 0.1) is 5.92 Å². The van der Waals surface area contributed by atoms with Gasteiger partial charge in [0.1, 0.15) is 0 Å². The maximum atomic E-state index is 12.5. The van der Waals surface area contributed by atoms with E-state index in [9.17, 15) is 4.79 Å². The SMILES string of the molecule is COCCN=C1C(=C(N)C2CC2)C(=O)NC1c1ccc(Cl)cc1. The van der Waals surface area contributed by atoms with Gasteiger partial charge in [-0.25, -0.2) is 0 Å². The number of hydrogen-bond acceptors (Lipinski definition) is 4. The van der Waals surface area contributed by atoms with E-state index in [2.05, 4.69) is 10.3 Å². The Balaban J connectivity index is 1.98. The predicted molar refractivity (Wildman–Crippen MR) is 90.5 cm³/mol. The maximum absolute atomic E-state index is 12.5. The zero-order chi connectivity index (χ0) is 16.4. The molecule has 1 heterocycles. The topological polar surface area (TPSA) is 76.7 Å². The Morgan fingerprint density at radius 1 is 1.39 bits per heavy atom. The molecular weight excluding hydrogens is 314 g/mol. The predicted octanol–water partition coefficient (Wildman–Crippen LogP) is 2.22. The Kier molecular flexibility index (Phi) is 4.68. The number of methoxy groups -OCH3 is 1. The van der Waals surface area contributed by atoms with E-state index in [1.807, 2.05) is 24.3 Å². The fourth-order valence-electron chi connectivity index (χ4n) is 2.73. The van der Waals surface area contributed by atoms with Gasteiger partial charge in [0, 0.05) is 17.8 Å². The molecule has 2 aliphatic rings. The van der Waals surface area contributed by atoms with Gasteiger partial charge in [-0.05, 0) is 36.5 Å². The van der Waals surface area contributed by atoms with Gasteiger partial charge < -0.3 is 15.8 Å². The lowest BCUT2D eigenvalue weighted by Gasteiger charge is -2.12. The van der Waals surface area contributed by atoms with Crippen LogP contribution < -0.4 is 11.1 Å². The highest BCUT2D eigenvalue weighted by molar-refractivity contribution is 6.31. The van der Waals surface area contributed by atoms with Crippen LogP contribution in [0.4, 0.5) is 0 Å². The molecule has 0 spiro atoms. The van der Waals surface area contributed by atoms with Crippen molar-refractivity contribution in [3.05, 3.63) is 46.1 Å². The van der Waals surface area contributed by atoms with Gasteiger partial charge in [-0.3, -0.25) is 9.79 Å². The highest BCUT2D eigenvalue weighted by atomic mass is 35.5. The molecule has 1 aromatic rings. The summed E-state index contributed by atoms with van der Waals surface area (Å²) >= 11 is 5.95. The van der Waals surface area contributed by atoms with Gasteiger partial charge in [0.2, 0.25) is 0 Å². The maximum Gasteiger partial charge on any atom is 0.255 e. The van der Waals surface area contributed by atoms with E-state index in [4.69, 9.17) is 22.1 Å². The van der Waals surface area contributed by atoms with Crippen molar-refractivity contribution in [1.29, 1.82) is 0 Å². The van der Waals surface area contributed by atoms with Crippen molar-refractivity contribution in [2.45, 2.75) is 18.9 Å². The molecule has 1 atom stereocenters. The van der Waals surface area contributed by atoms with Crippen LogP contribution in [-0.4, -0.2) is 31.9 Å². The summed E-state index contributed by atoms with van der Waals surface area (Å²) in [5.74, 6) is 0.165. The summed E-state index contributed by atoms with van der Waals surface area (Å²) in [7, 11) is 1.63. The number of amides is 1. The first-order valence-corrected chi connectivity index (χ1v) is 8.09. The van der Waals surface area contributed by atoms with Gasteiger partial charge in [0.15, 0.2) is 0 Å². The summed E-state index contributed by atoms with van der Waals surface area (Å²) in [6.45, 7) is 0.994. The van der Waals surface area contributed by atoms with Crippen LogP contribution in [0.1, 0.15) is 24.4 Å². The number of aliphatic imine (C=N–C) groups is 1. The van der Waals surface area contributed by atoms with Gasteiger partial charge in [-0.1, -0.05) is 23.7 Å². The number of carbonyl (C=O) groups excluding carboxylic acids is 1. The lowest BCUT2D eigenvalue weighted by molar-refractivity contribution is -0.116. The number of hydrogen-bond donors (Lipinski definition) is 2. The van der Waals surface area contributed by atoms with Crippen LogP contribution in [0.25, 0.3) is 0 Å². The normalized spacial score (nSPS) is 24.9. The molecule has 5 nitrogen and oxygen atoms in total. The lowest BCUT2D eigenvalue weighted by atomic mass is 9.98. The number of nitrogens with one attached hydrogen (secondary N) is 1. The average Bonchev–Trinajstić information content (AvgIpc) is 3.33. The van der Waals surface area contributed by atoms with E-state index in [1.54, 1.807) is 7.11 Å². The minimum absolute atomic E-state index is 0.148. The zero-order valence-electron chi connectivity index (χ0n) is 13.0. The Bertz CT molecular complexity index is 663. The molecular formula is C17H20ClN3O2. The molecule has 3 rings (SSSR count). The summed E-state index contributed by atoms with van der Waals surface area (Å²) in [6, 6.07) is 7.12. The minimum Gasteiger partial charge on any atom is -0.401 e. The first-order chi connectivity index (χ1) is 11.1. The Hall–Kier alpha value is -1.85. The third-order valence-corrected chi connectivity index (χ3v) is 4.37. The van der Waals surface area contributed by atoms with E-state index in [-0.39, 0.29) is 11.9 Å². The summed E-state index contributed by atoms with van der Waals surface area (Å²) in [6.07, 6.45) is 2.08. The Labute approximate surface area is 140 Å². The monoisotopic (exact) mass is 333 g/mol.